The van der Waals surface area contributed by atoms with Crippen LogP contribution in [0, 0.1) is 0 Å². The molecule has 0 atom stereocenters. The van der Waals surface area contributed by atoms with Crippen LogP contribution in [0.25, 0.3) is 5.65 Å². The van der Waals surface area contributed by atoms with Crippen molar-refractivity contribution >= 4 is 44.5 Å². The van der Waals surface area contributed by atoms with E-state index in [-0.39, 0.29) is 25.6 Å². The summed E-state index contributed by atoms with van der Waals surface area (Å²) in [6.45, 7) is 0. The van der Waals surface area contributed by atoms with E-state index < -0.39 is 9.84 Å². The number of fused-ring (bicyclic) bond motifs is 1. The van der Waals surface area contributed by atoms with Crippen LogP contribution in [0.3, 0.4) is 0 Å². The summed E-state index contributed by atoms with van der Waals surface area (Å²) in [6, 6.07) is 14.3. The van der Waals surface area contributed by atoms with Gasteiger partial charge in [-0.1, -0.05) is 35.3 Å². The third kappa shape index (κ3) is 4.26. The number of imidazole rings is 1. The van der Waals surface area contributed by atoms with Crippen LogP contribution in [0.15, 0.2) is 83.0 Å². The fourth-order valence-electron chi connectivity index (χ4n) is 3.14. The first kappa shape index (κ1) is 20.6. The Labute approximate surface area is 183 Å². The molecule has 0 saturated heterocycles. The molecule has 0 fully saturated rings. The molecule has 0 saturated carbocycles. The molecule has 152 valence electrons. The summed E-state index contributed by atoms with van der Waals surface area (Å²) < 4.78 is 27.4. The molecule has 0 N–H and O–H groups in total. The maximum atomic E-state index is 12.8. The van der Waals surface area contributed by atoms with E-state index in [0.29, 0.717) is 18.4 Å². The molecule has 0 radical (unpaired) electrons. The summed E-state index contributed by atoms with van der Waals surface area (Å²) in [5, 5.41) is 0.509. The van der Waals surface area contributed by atoms with Crippen molar-refractivity contribution in [3.05, 3.63) is 94.4 Å². The van der Waals surface area contributed by atoms with Crippen molar-refractivity contribution in [1.29, 1.82) is 0 Å². The first-order chi connectivity index (χ1) is 14.3. The van der Waals surface area contributed by atoms with E-state index in [1.165, 1.54) is 30.3 Å². The number of aryl methyl sites for hydroxylation is 1. The Kier molecular flexibility index (Phi) is 5.64. The largest absolute Gasteiger partial charge is 0.306 e. The third-order valence-electron chi connectivity index (χ3n) is 4.73. The summed E-state index contributed by atoms with van der Waals surface area (Å²) in [4.78, 5) is 16.8. The third-order valence-corrected chi connectivity index (χ3v) is 6.92. The lowest BCUT2D eigenvalue weighted by Gasteiger charge is -2.08. The molecular weight excluding hydrogens is 443 g/mol. The monoisotopic (exact) mass is 458 g/mol. The van der Waals surface area contributed by atoms with Crippen molar-refractivity contribution in [2.45, 2.75) is 22.6 Å². The fraction of sp³-hybridized carbons (Fsp3) is 0.0909. The highest BCUT2D eigenvalue weighted by Crippen LogP contribution is 2.27. The van der Waals surface area contributed by atoms with Crippen LogP contribution in [-0.2, 0) is 16.3 Å². The molecule has 2 aromatic carbocycles. The van der Waals surface area contributed by atoms with Gasteiger partial charge in [-0.2, -0.15) is 0 Å². The van der Waals surface area contributed by atoms with E-state index in [0.717, 1.165) is 11.2 Å². The van der Waals surface area contributed by atoms with Gasteiger partial charge in [-0.05, 0) is 54.4 Å². The number of halogens is 2. The summed E-state index contributed by atoms with van der Waals surface area (Å²) >= 11 is 11.9. The number of carbonyl (C=O) groups excluding carboxylic acids is 1. The van der Waals surface area contributed by atoms with Gasteiger partial charge in [0.25, 0.3) is 0 Å². The summed E-state index contributed by atoms with van der Waals surface area (Å²) in [5.41, 5.74) is 2.26. The van der Waals surface area contributed by atoms with Gasteiger partial charge >= 0.3 is 0 Å². The minimum absolute atomic E-state index is 0.0101. The van der Waals surface area contributed by atoms with Crippen LogP contribution in [0.1, 0.15) is 22.3 Å². The van der Waals surface area contributed by atoms with Gasteiger partial charge in [0.05, 0.1) is 9.79 Å². The van der Waals surface area contributed by atoms with Crippen LogP contribution in [0.2, 0.25) is 10.0 Å². The summed E-state index contributed by atoms with van der Waals surface area (Å²) in [5.74, 6) is 0.0101. The Balaban J connectivity index is 1.47. The predicted molar refractivity (Wildman–Crippen MR) is 116 cm³/mol. The second-order valence-corrected chi connectivity index (χ2v) is 9.61. The van der Waals surface area contributed by atoms with Gasteiger partial charge in [-0.15, -0.1) is 0 Å². The number of Topliss-reactive ketones (excluding diaryl/α,β-unsaturated/α-hetero) is 1. The first-order valence-corrected chi connectivity index (χ1v) is 11.3. The van der Waals surface area contributed by atoms with Crippen molar-refractivity contribution in [3.63, 3.8) is 0 Å². The molecule has 2 heterocycles. The van der Waals surface area contributed by atoms with Crippen molar-refractivity contribution in [2.75, 3.05) is 0 Å². The Morgan fingerprint density at radius 2 is 1.63 bits per heavy atom. The maximum absolute atomic E-state index is 12.8. The average molecular weight is 459 g/mol. The predicted octanol–water partition coefficient (Wildman–Crippen LogP) is 5.29. The van der Waals surface area contributed by atoms with Crippen molar-refractivity contribution in [2.24, 2.45) is 0 Å². The van der Waals surface area contributed by atoms with Gasteiger partial charge in [0.1, 0.15) is 5.65 Å². The molecule has 30 heavy (non-hydrogen) atoms. The van der Waals surface area contributed by atoms with E-state index in [1.807, 2.05) is 0 Å². The zero-order valence-electron chi connectivity index (χ0n) is 15.6. The molecule has 4 aromatic rings. The SMILES string of the molecule is O=C(CCc1ccc(S(=O)(=O)c2cc(Cl)cc(Cl)c2)cc1)c1ccc2nccn2c1. The van der Waals surface area contributed by atoms with E-state index in [2.05, 4.69) is 4.98 Å². The normalized spacial score (nSPS) is 11.7. The van der Waals surface area contributed by atoms with Crippen LogP contribution >= 0.6 is 23.2 Å². The van der Waals surface area contributed by atoms with Crippen molar-refractivity contribution in [3.8, 4) is 0 Å². The Morgan fingerprint density at radius 3 is 2.33 bits per heavy atom. The number of ketones is 1. The summed E-state index contributed by atoms with van der Waals surface area (Å²) in [7, 11) is -3.73. The lowest BCUT2D eigenvalue weighted by Crippen LogP contribution is -2.04. The zero-order valence-corrected chi connectivity index (χ0v) is 18.0. The van der Waals surface area contributed by atoms with Gasteiger partial charge < -0.3 is 4.40 Å². The molecular formula is C22H16Cl2N2O3S. The average Bonchev–Trinajstić information content (AvgIpc) is 3.19. The van der Waals surface area contributed by atoms with Gasteiger partial charge in [-0.25, -0.2) is 13.4 Å². The zero-order chi connectivity index (χ0) is 21.3. The lowest BCUT2D eigenvalue weighted by atomic mass is 10.0. The standard InChI is InChI=1S/C22H16Cl2N2O3S/c23-17-11-18(24)13-20(12-17)30(28,29)19-5-1-15(2-6-19)3-7-21(27)16-4-8-22-25-9-10-26(22)14-16/h1-2,4-6,8-14H,3,7H2. The molecule has 0 bridgehead atoms. The molecule has 0 aliphatic carbocycles. The van der Waals surface area contributed by atoms with Gasteiger partial charge in [-0.3, -0.25) is 4.79 Å². The van der Waals surface area contributed by atoms with Crippen LogP contribution in [0.4, 0.5) is 0 Å². The number of benzene rings is 2. The molecule has 2 aromatic heterocycles. The van der Waals surface area contributed by atoms with Crippen LogP contribution in [-0.4, -0.2) is 23.6 Å². The molecule has 8 heteroatoms. The number of hydrogen-bond acceptors (Lipinski definition) is 4. The van der Waals surface area contributed by atoms with Crippen LogP contribution in [0.5, 0.6) is 0 Å². The minimum Gasteiger partial charge on any atom is -0.306 e. The number of hydrogen-bond donors (Lipinski definition) is 0. The highest BCUT2D eigenvalue weighted by Gasteiger charge is 2.19. The topological polar surface area (TPSA) is 68.5 Å². The molecule has 0 amide bonds. The number of nitrogens with zero attached hydrogens (tertiary/aromatic N) is 2. The second kappa shape index (κ2) is 8.22. The van der Waals surface area contributed by atoms with Crippen molar-refractivity contribution in [1.82, 2.24) is 9.38 Å². The quantitative estimate of drug-likeness (QED) is 0.368. The van der Waals surface area contributed by atoms with Gasteiger partial charge in [0.2, 0.25) is 9.84 Å². The Morgan fingerprint density at radius 1 is 0.933 bits per heavy atom. The number of sulfone groups is 1. The summed E-state index contributed by atoms with van der Waals surface area (Å²) in [6.07, 6.45) is 6.05. The molecule has 4 rings (SSSR count). The molecule has 0 spiro atoms. The van der Waals surface area contributed by atoms with Gasteiger partial charge in [0.15, 0.2) is 5.78 Å². The number of carbonyl (C=O) groups is 1. The van der Waals surface area contributed by atoms with Crippen molar-refractivity contribution < 1.29 is 13.2 Å². The smallest absolute Gasteiger partial charge is 0.206 e. The maximum Gasteiger partial charge on any atom is 0.206 e. The highest BCUT2D eigenvalue weighted by atomic mass is 35.5. The Hall–Kier alpha value is -2.67. The first-order valence-electron chi connectivity index (χ1n) is 9.09. The second-order valence-electron chi connectivity index (χ2n) is 6.79. The fourth-order valence-corrected chi connectivity index (χ4v) is 5.13. The van der Waals surface area contributed by atoms with E-state index in [9.17, 15) is 13.2 Å². The number of rotatable bonds is 6. The number of pyridine rings is 1. The molecule has 5 nitrogen and oxygen atoms in total. The molecule has 0 aliphatic heterocycles. The minimum atomic E-state index is -3.73. The molecule has 0 aliphatic rings. The van der Waals surface area contributed by atoms with E-state index >= 15 is 0 Å². The van der Waals surface area contributed by atoms with E-state index in [4.69, 9.17) is 23.2 Å². The van der Waals surface area contributed by atoms with E-state index in [1.54, 1.807) is 47.3 Å². The lowest BCUT2D eigenvalue weighted by molar-refractivity contribution is 0.0982. The van der Waals surface area contributed by atoms with Gasteiger partial charge in [0, 0.05) is 40.6 Å². The number of aromatic nitrogens is 2. The van der Waals surface area contributed by atoms with Crippen LogP contribution < -0.4 is 0 Å². The Bertz CT molecular complexity index is 1330. The highest BCUT2D eigenvalue weighted by molar-refractivity contribution is 7.91. The molecule has 0 unspecified atom stereocenters.